The Hall–Kier alpha value is -5.99. The van der Waals surface area contributed by atoms with E-state index in [0.717, 1.165) is 16.9 Å². The first-order valence-corrected chi connectivity index (χ1v) is 15.8. The molecule has 2 nitrogen and oxygen atoms in total. The summed E-state index contributed by atoms with van der Waals surface area (Å²) in [6.07, 6.45) is 1.85. The minimum atomic E-state index is 0.992. The van der Waals surface area contributed by atoms with Gasteiger partial charge in [0.05, 0.1) is 16.7 Å². The summed E-state index contributed by atoms with van der Waals surface area (Å²) in [6.45, 7) is 2.21. The summed E-state index contributed by atoms with van der Waals surface area (Å²) in [7, 11) is 0. The fourth-order valence-electron chi connectivity index (χ4n) is 7.34. The Morgan fingerprint density at radius 1 is 0.435 bits per heavy atom. The van der Waals surface area contributed by atoms with Gasteiger partial charge in [-0.2, -0.15) is 0 Å². The summed E-state index contributed by atoms with van der Waals surface area (Å²) in [4.78, 5) is 4.59. The number of para-hydroxylation sites is 2. The van der Waals surface area contributed by atoms with Crippen molar-refractivity contribution in [3.63, 3.8) is 0 Å². The van der Waals surface area contributed by atoms with Crippen LogP contribution in [0.3, 0.4) is 0 Å². The number of aromatic nitrogens is 2. The highest BCUT2D eigenvalue weighted by molar-refractivity contribution is 6.21. The average Bonchev–Trinajstić information content (AvgIpc) is 3.46. The Morgan fingerprint density at radius 2 is 0.935 bits per heavy atom. The van der Waals surface area contributed by atoms with Crippen LogP contribution in [-0.4, -0.2) is 9.55 Å². The van der Waals surface area contributed by atoms with Crippen LogP contribution in [0.2, 0.25) is 0 Å². The lowest BCUT2D eigenvalue weighted by Gasteiger charge is -2.19. The van der Waals surface area contributed by atoms with Crippen molar-refractivity contribution < 1.29 is 0 Å². The molecule has 0 amide bonds. The SMILES string of the molecule is Cc1cc(-c2ccccn2)ccc1-c1c2ccccc2c(-c2ccc(-n3c4ccccc4c4ccccc43)cc2)c2ccccc12. The van der Waals surface area contributed by atoms with Crippen LogP contribution in [0.25, 0.3) is 82.5 Å². The van der Waals surface area contributed by atoms with Gasteiger partial charge in [-0.3, -0.25) is 4.98 Å². The number of pyridine rings is 1. The van der Waals surface area contributed by atoms with Gasteiger partial charge >= 0.3 is 0 Å². The van der Waals surface area contributed by atoms with Crippen molar-refractivity contribution >= 4 is 43.4 Å². The van der Waals surface area contributed by atoms with Crippen LogP contribution in [0.15, 0.2) is 164 Å². The zero-order valence-corrected chi connectivity index (χ0v) is 25.5. The van der Waals surface area contributed by atoms with Crippen molar-refractivity contribution in [1.82, 2.24) is 9.55 Å². The molecule has 0 saturated carbocycles. The monoisotopic (exact) mass is 586 g/mol. The number of fused-ring (bicyclic) bond motifs is 5. The smallest absolute Gasteiger partial charge is 0.0702 e. The van der Waals surface area contributed by atoms with E-state index in [9.17, 15) is 0 Å². The number of hydrogen-bond acceptors (Lipinski definition) is 1. The minimum Gasteiger partial charge on any atom is -0.309 e. The zero-order valence-electron chi connectivity index (χ0n) is 25.5. The molecule has 2 aromatic heterocycles. The van der Waals surface area contributed by atoms with E-state index in [0.29, 0.717) is 0 Å². The molecule has 0 atom stereocenters. The molecule has 2 heterocycles. The maximum Gasteiger partial charge on any atom is 0.0702 e. The molecular weight excluding hydrogens is 556 g/mol. The molecule has 46 heavy (non-hydrogen) atoms. The number of nitrogens with zero attached hydrogens (tertiary/aromatic N) is 2. The van der Waals surface area contributed by atoms with Gasteiger partial charge in [0.2, 0.25) is 0 Å². The van der Waals surface area contributed by atoms with E-state index < -0.39 is 0 Å². The number of benzene rings is 7. The molecule has 0 bridgehead atoms. The first kappa shape index (κ1) is 26.4. The minimum absolute atomic E-state index is 0.992. The number of hydrogen-bond donors (Lipinski definition) is 0. The molecule has 0 aliphatic carbocycles. The van der Waals surface area contributed by atoms with E-state index in [2.05, 4.69) is 162 Å². The van der Waals surface area contributed by atoms with Gasteiger partial charge in [0.1, 0.15) is 0 Å². The molecule has 0 aliphatic rings. The highest BCUT2D eigenvalue weighted by Gasteiger charge is 2.18. The van der Waals surface area contributed by atoms with Gasteiger partial charge in [0.15, 0.2) is 0 Å². The zero-order chi connectivity index (χ0) is 30.6. The van der Waals surface area contributed by atoms with E-state index >= 15 is 0 Å². The van der Waals surface area contributed by atoms with Crippen molar-refractivity contribution in [3.8, 4) is 39.2 Å². The Bertz CT molecular complexity index is 2460. The summed E-state index contributed by atoms with van der Waals surface area (Å²) in [5.41, 5.74) is 12.0. The Morgan fingerprint density at radius 3 is 1.48 bits per heavy atom. The lowest BCUT2D eigenvalue weighted by molar-refractivity contribution is 1.18. The Labute approximate surface area is 267 Å². The highest BCUT2D eigenvalue weighted by atomic mass is 15.0. The Kier molecular flexibility index (Phi) is 6.07. The van der Waals surface area contributed by atoms with Gasteiger partial charge in [-0.05, 0) is 98.8 Å². The predicted octanol–water partition coefficient (Wildman–Crippen LogP) is 11.8. The van der Waals surface area contributed by atoms with Crippen molar-refractivity contribution in [2.45, 2.75) is 6.92 Å². The first-order valence-electron chi connectivity index (χ1n) is 15.8. The Balaban J connectivity index is 1.24. The van der Waals surface area contributed by atoms with Crippen LogP contribution in [-0.2, 0) is 0 Å². The standard InChI is InChI=1S/C44H30N2/c1-29-28-31(40-18-10-11-27-45-40)23-26-33(29)44-38-16-4-2-14-36(38)43(37-15-3-5-17-39(37)44)30-21-24-32(25-22-30)46-41-19-8-6-12-34(41)35-13-7-9-20-42(35)46/h2-28H,1H3. The van der Waals surface area contributed by atoms with Gasteiger partial charge < -0.3 is 4.57 Å². The van der Waals surface area contributed by atoms with Crippen molar-refractivity contribution in [2.75, 3.05) is 0 Å². The van der Waals surface area contributed by atoms with E-state index in [1.54, 1.807) is 0 Å². The van der Waals surface area contributed by atoms with Crippen molar-refractivity contribution in [1.29, 1.82) is 0 Å². The van der Waals surface area contributed by atoms with Crippen molar-refractivity contribution in [3.05, 3.63) is 169 Å². The molecule has 9 rings (SSSR count). The van der Waals surface area contributed by atoms with E-state index in [1.165, 1.54) is 71.2 Å². The lowest BCUT2D eigenvalue weighted by Crippen LogP contribution is -1.95. The normalized spacial score (nSPS) is 11.6. The third kappa shape index (κ3) is 4.08. The number of aryl methyl sites for hydroxylation is 1. The fraction of sp³-hybridized carbons (Fsp3) is 0.0227. The molecule has 0 aliphatic heterocycles. The van der Waals surface area contributed by atoms with Crippen LogP contribution in [0.1, 0.15) is 5.56 Å². The van der Waals surface area contributed by atoms with Crippen LogP contribution in [0.4, 0.5) is 0 Å². The molecule has 0 saturated heterocycles. The summed E-state index contributed by atoms with van der Waals surface area (Å²) >= 11 is 0. The summed E-state index contributed by atoms with van der Waals surface area (Å²) in [5, 5.41) is 7.59. The molecule has 2 heteroatoms. The molecule has 216 valence electrons. The first-order chi connectivity index (χ1) is 22.8. The highest BCUT2D eigenvalue weighted by Crippen LogP contribution is 2.45. The topological polar surface area (TPSA) is 17.8 Å². The summed E-state index contributed by atoms with van der Waals surface area (Å²) in [5.74, 6) is 0. The van der Waals surface area contributed by atoms with E-state index in [1.807, 2.05) is 18.3 Å². The largest absolute Gasteiger partial charge is 0.309 e. The molecule has 0 spiro atoms. The third-order valence-corrected chi connectivity index (χ3v) is 9.38. The van der Waals surface area contributed by atoms with Gasteiger partial charge in [-0.15, -0.1) is 0 Å². The van der Waals surface area contributed by atoms with E-state index in [-0.39, 0.29) is 0 Å². The lowest BCUT2D eigenvalue weighted by atomic mass is 9.84. The number of rotatable bonds is 4. The van der Waals surface area contributed by atoms with Gasteiger partial charge in [-0.1, -0.05) is 115 Å². The quantitative estimate of drug-likeness (QED) is 0.188. The van der Waals surface area contributed by atoms with Crippen LogP contribution < -0.4 is 0 Å². The molecule has 0 radical (unpaired) electrons. The van der Waals surface area contributed by atoms with E-state index in [4.69, 9.17) is 0 Å². The summed E-state index contributed by atoms with van der Waals surface area (Å²) < 4.78 is 2.38. The second-order valence-electron chi connectivity index (χ2n) is 12.0. The average molecular weight is 587 g/mol. The second-order valence-corrected chi connectivity index (χ2v) is 12.0. The van der Waals surface area contributed by atoms with Crippen LogP contribution in [0, 0.1) is 6.92 Å². The fourth-order valence-corrected chi connectivity index (χ4v) is 7.34. The van der Waals surface area contributed by atoms with Gasteiger partial charge in [0, 0.05) is 28.2 Å². The van der Waals surface area contributed by atoms with Crippen LogP contribution in [0.5, 0.6) is 0 Å². The van der Waals surface area contributed by atoms with Crippen LogP contribution >= 0.6 is 0 Å². The molecule has 9 aromatic rings. The summed E-state index contributed by atoms with van der Waals surface area (Å²) in [6, 6.07) is 57.1. The molecule has 7 aromatic carbocycles. The molecule has 0 N–H and O–H groups in total. The maximum atomic E-state index is 4.59. The van der Waals surface area contributed by atoms with Gasteiger partial charge in [-0.25, -0.2) is 0 Å². The third-order valence-electron chi connectivity index (χ3n) is 9.38. The predicted molar refractivity (Wildman–Crippen MR) is 195 cm³/mol. The van der Waals surface area contributed by atoms with Gasteiger partial charge in [0.25, 0.3) is 0 Å². The second kappa shape index (κ2) is 10.6. The molecular formula is C44H30N2. The maximum absolute atomic E-state index is 4.59. The molecule has 0 fully saturated rings. The molecule has 0 unspecified atom stereocenters. The van der Waals surface area contributed by atoms with Crippen molar-refractivity contribution in [2.24, 2.45) is 0 Å².